The van der Waals surface area contributed by atoms with Gasteiger partial charge in [0.15, 0.2) is 0 Å². The molecule has 0 saturated heterocycles. The summed E-state index contributed by atoms with van der Waals surface area (Å²) in [6, 6.07) is 16.4. The second-order valence-corrected chi connectivity index (χ2v) is 8.39. The number of carbonyl (C=O) groups is 1. The van der Waals surface area contributed by atoms with E-state index in [1.165, 1.54) is 11.3 Å². The molecule has 1 unspecified atom stereocenters. The number of nitrogens with one attached hydrogen (secondary N) is 1. The van der Waals surface area contributed by atoms with E-state index >= 15 is 0 Å². The largest absolute Gasteiger partial charge is 0.433 e. The zero-order valence-electron chi connectivity index (χ0n) is 13.1. The molecular weight excluding hydrogens is 343 g/mol. The van der Waals surface area contributed by atoms with Crippen molar-refractivity contribution in [2.45, 2.75) is 6.16 Å². The Morgan fingerprint density at radius 2 is 1.96 bits per heavy atom. The van der Waals surface area contributed by atoms with Gasteiger partial charge < -0.3 is 9.84 Å². The molecule has 0 spiro atoms. The number of benzene rings is 2. The van der Waals surface area contributed by atoms with Gasteiger partial charge in [0.2, 0.25) is 0 Å². The molecule has 0 aliphatic rings. The Morgan fingerprint density at radius 3 is 2.67 bits per heavy atom. The molecular formula is C17H17N2O3PS. The Bertz CT molecular complexity index is 924. The second-order valence-electron chi connectivity index (χ2n) is 5.35. The number of para-hydroxylation sites is 1. The molecule has 24 heavy (non-hydrogen) atoms. The summed E-state index contributed by atoms with van der Waals surface area (Å²) in [5.41, 5.74) is 6.68. The smallest absolute Gasteiger partial charge is 0.318 e. The number of hydrogen-bond donors (Lipinski definition) is 2. The number of rotatable bonds is 5. The van der Waals surface area contributed by atoms with Crippen molar-refractivity contribution >= 4 is 34.8 Å². The number of fused-ring (bicyclic) bond motifs is 1. The van der Waals surface area contributed by atoms with Crippen molar-refractivity contribution < 1.29 is 13.9 Å². The molecule has 0 saturated carbocycles. The quantitative estimate of drug-likeness (QED) is 0.674. The average molecular weight is 360 g/mol. The van der Waals surface area contributed by atoms with E-state index in [1.807, 2.05) is 30.3 Å². The van der Waals surface area contributed by atoms with Crippen molar-refractivity contribution in [3.05, 3.63) is 65.0 Å². The predicted molar refractivity (Wildman–Crippen MR) is 97.8 cm³/mol. The Kier molecular flexibility index (Phi) is 4.71. The molecule has 2 aromatic carbocycles. The lowest BCUT2D eigenvalue weighted by Crippen LogP contribution is -2.15. The van der Waals surface area contributed by atoms with Crippen LogP contribution in [0.4, 0.5) is 0 Å². The van der Waals surface area contributed by atoms with E-state index in [0.717, 1.165) is 15.6 Å². The summed E-state index contributed by atoms with van der Waals surface area (Å²) in [5, 5.41) is 3.54. The molecule has 0 bridgehead atoms. The minimum Gasteiger partial charge on any atom is -0.433 e. The number of amides is 1. The predicted octanol–water partition coefficient (Wildman–Crippen LogP) is 3.99. The van der Waals surface area contributed by atoms with Gasteiger partial charge in [-0.25, -0.2) is 5.50 Å². The van der Waals surface area contributed by atoms with Crippen LogP contribution in [-0.4, -0.2) is 13.0 Å². The van der Waals surface area contributed by atoms with Crippen molar-refractivity contribution in [2.24, 2.45) is 5.50 Å². The maximum atomic E-state index is 12.5. The summed E-state index contributed by atoms with van der Waals surface area (Å²) in [6.07, 6.45) is 0.128. The van der Waals surface area contributed by atoms with Gasteiger partial charge in [-0.15, -0.1) is 11.3 Å². The Hall–Kier alpha value is -2.14. The fraction of sp³-hybridized carbons (Fsp3) is 0.118. The van der Waals surface area contributed by atoms with Crippen LogP contribution in [0, 0.1) is 0 Å². The first-order chi connectivity index (χ1) is 11.5. The van der Waals surface area contributed by atoms with E-state index in [4.69, 9.17) is 10.0 Å². The van der Waals surface area contributed by atoms with Crippen LogP contribution in [0.5, 0.6) is 5.75 Å². The molecule has 0 radical (unpaired) electrons. The van der Waals surface area contributed by atoms with Crippen LogP contribution in [0.1, 0.15) is 15.2 Å². The SMILES string of the molecule is CNC(=O)c1cc2cc(CP(N)(=O)Oc3ccccc3)ccc2s1. The van der Waals surface area contributed by atoms with E-state index in [1.54, 1.807) is 31.3 Å². The fourth-order valence-corrected chi connectivity index (χ4v) is 4.61. The zero-order valence-corrected chi connectivity index (χ0v) is 14.8. The number of hydrogen-bond acceptors (Lipinski definition) is 4. The summed E-state index contributed by atoms with van der Waals surface area (Å²) in [5.74, 6) is 0.372. The normalized spacial score (nSPS) is 13.4. The van der Waals surface area contributed by atoms with Crippen molar-refractivity contribution in [3.8, 4) is 5.75 Å². The summed E-state index contributed by atoms with van der Waals surface area (Å²) >= 11 is 1.42. The van der Waals surface area contributed by atoms with E-state index in [9.17, 15) is 9.36 Å². The van der Waals surface area contributed by atoms with Gasteiger partial charge in [-0.3, -0.25) is 9.36 Å². The number of carbonyl (C=O) groups excluding carboxylic acids is 1. The lowest BCUT2D eigenvalue weighted by molar-refractivity contribution is 0.0967. The standard InChI is InChI=1S/C17H17N2O3PS/c1-19-17(20)16-10-13-9-12(7-8-15(13)24-16)11-23(18,21)22-14-5-3-2-4-6-14/h2-10H,11H2,1H3,(H2,18,21)(H,19,20). The van der Waals surface area contributed by atoms with Crippen molar-refractivity contribution in [1.82, 2.24) is 5.32 Å². The number of nitrogens with two attached hydrogens (primary N) is 1. The summed E-state index contributed by atoms with van der Waals surface area (Å²) < 4.78 is 19.0. The van der Waals surface area contributed by atoms with E-state index in [-0.39, 0.29) is 12.1 Å². The molecule has 1 amide bonds. The molecule has 0 aliphatic heterocycles. The maximum Gasteiger partial charge on any atom is 0.318 e. The van der Waals surface area contributed by atoms with Gasteiger partial charge in [0, 0.05) is 11.7 Å². The third-order valence-corrected chi connectivity index (χ3v) is 5.88. The van der Waals surface area contributed by atoms with Crippen LogP contribution in [0.2, 0.25) is 0 Å². The van der Waals surface area contributed by atoms with Crippen LogP contribution in [0.25, 0.3) is 10.1 Å². The van der Waals surface area contributed by atoms with Gasteiger partial charge in [-0.2, -0.15) is 0 Å². The zero-order chi connectivity index (χ0) is 17.2. The van der Waals surface area contributed by atoms with Crippen LogP contribution < -0.4 is 15.3 Å². The highest BCUT2D eigenvalue weighted by Crippen LogP contribution is 2.43. The highest BCUT2D eigenvalue weighted by Gasteiger charge is 2.20. The van der Waals surface area contributed by atoms with Gasteiger partial charge >= 0.3 is 7.52 Å². The van der Waals surface area contributed by atoms with Gasteiger partial charge in [-0.1, -0.05) is 24.3 Å². The molecule has 3 N–H and O–H groups in total. The third-order valence-electron chi connectivity index (χ3n) is 3.44. The highest BCUT2D eigenvalue weighted by molar-refractivity contribution is 7.56. The first-order valence-corrected chi connectivity index (χ1v) is 10.0. The Labute approximate surface area is 144 Å². The summed E-state index contributed by atoms with van der Waals surface area (Å²) in [4.78, 5) is 12.4. The highest BCUT2D eigenvalue weighted by atomic mass is 32.1. The van der Waals surface area contributed by atoms with Crippen LogP contribution in [0.15, 0.2) is 54.6 Å². The van der Waals surface area contributed by atoms with Crippen molar-refractivity contribution in [3.63, 3.8) is 0 Å². The second kappa shape index (κ2) is 6.77. The topological polar surface area (TPSA) is 81.4 Å². The van der Waals surface area contributed by atoms with Gasteiger partial charge in [0.1, 0.15) is 5.75 Å². The molecule has 5 nitrogen and oxygen atoms in total. The minimum atomic E-state index is -3.31. The van der Waals surface area contributed by atoms with Gasteiger partial charge in [-0.05, 0) is 41.3 Å². The van der Waals surface area contributed by atoms with E-state index < -0.39 is 7.52 Å². The Morgan fingerprint density at radius 1 is 1.21 bits per heavy atom. The summed E-state index contributed by atoms with van der Waals surface area (Å²) in [6.45, 7) is 0. The third kappa shape index (κ3) is 3.85. The fourth-order valence-electron chi connectivity index (χ4n) is 2.37. The molecule has 1 heterocycles. The maximum absolute atomic E-state index is 12.5. The first kappa shape index (κ1) is 16.7. The van der Waals surface area contributed by atoms with Gasteiger partial charge in [0.25, 0.3) is 5.91 Å². The number of thiophene rings is 1. The van der Waals surface area contributed by atoms with E-state index in [0.29, 0.717) is 10.6 Å². The van der Waals surface area contributed by atoms with Crippen LogP contribution in [0.3, 0.4) is 0 Å². The lowest BCUT2D eigenvalue weighted by atomic mass is 10.2. The molecule has 3 aromatic rings. The van der Waals surface area contributed by atoms with E-state index in [2.05, 4.69) is 5.32 Å². The summed E-state index contributed by atoms with van der Waals surface area (Å²) in [7, 11) is -1.71. The average Bonchev–Trinajstić information content (AvgIpc) is 2.97. The molecule has 0 aliphatic carbocycles. The van der Waals surface area contributed by atoms with Crippen molar-refractivity contribution in [1.29, 1.82) is 0 Å². The molecule has 3 rings (SSSR count). The van der Waals surface area contributed by atoms with Crippen molar-refractivity contribution in [2.75, 3.05) is 7.05 Å². The molecule has 7 heteroatoms. The molecule has 124 valence electrons. The molecule has 1 aromatic heterocycles. The molecule has 0 fully saturated rings. The first-order valence-electron chi connectivity index (χ1n) is 7.34. The molecule has 1 atom stereocenters. The Balaban J connectivity index is 1.81. The van der Waals surface area contributed by atoms with Crippen LogP contribution >= 0.6 is 18.9 Å². The minimum absolute atomic E-state index is 0.116. The monoisotopic (exact) mass is 360 g/mol. The van der Waals surface area contributed by atoms with Gasteiger partial charge in [0.05, 0.1) is 11.0 Å². The van der Waals surface area contributed by atoms with Crippen LogP contribution in [-0.2, 0) is 10.7 Å². The lowest BCUT2D eigenvalue weighted by Gasteiger charge is -2.14.